The van der Waals surface area contributed by atoms with Gasteiger partial charge in [0.25, 0.3) is 0 Å². The number of ether oxygens (including phenoxy) is 3. The number of nitrogens with zero attached hydrogens (tertiary/aromatic N) is 3. The van der Waals surface area contributed by atoms with E-state index in [1.165, 1.54) is 6.92 Å². The second kappa shape index (κ2) is 19.5. The fourth-order valence-corrected chi connectivity index (χ4v) is 10.2. The summed E-state index contributed by atoms with van der Waals surface area (Å²) < 4.78 is 17.0. The lowest BCUT2D eigenvalue weighted by molar-refractivity contribution is -0.278. The minimum absolute atomic E-state index is 0.0195. The van der Waals surface area contributed by atoms with Crippen LogP contribution in [0.2, 0.25) is 0 Å². The number of unbranched alkanes of at least 4 members (excludes halogenated alkanes) is 5. The van der Waals surface area contributed by atoms with Crippen LogP contribution in [0, 0.1) is 0 Å². The van der Waals surface area contributed by atoms with Gasteiger partial charge in [0.1, 0.15) is 18.3 Å². The van der Waals surface area contributed by atoms with Crippen molar-refractivity contribution in [2.75, 3.05) is 21.3 Å². The lowest BCUT2D eigenvalue weighted by atomic mass is 9.80. The molecule has 0 radical (unpaired) electrons. The van der Waals surface area contributed by atoms with Gasteiger partial charge in [-0.05, 0) is 95.9 Å². The largest absolute Gasteiger partial charge is 0.462 e. The molecule has 54 heavy (non-hydrogen) atoms. The average Bonchev–Trinajstić information content (AvgIpc) is 2.95. The van der Waals surface area contributed by atoms with Crippen molar-refractivity contribution < 1.29 is 43.1 Å². The molecule has 316 valence electrons. The van der Waals surface area contributed by atoms with E-state index in [1.54, 1.807) is 21.3 Å². The normalized spacial score (nSPS) is 24.2. The standard InChI is InChI=1S/C30H56N2O6.C12H23NO3/c1-27(2)19-23(20-28(3,4)31(27)35-9)37-25(33)17-15-13-11-12-14-16-18-26(34)38-24-21-29(5,6)32(36-10)30(7,8)22-24;1-9(14)16-10-7-11(2,3)13(15-6)12(4,5)8-10/h23-24H,11-22H2,1-10H3;10H,7-8H2,1-6H3. The first-order valence-electron chi connectivity index (χ1n) is 20.3. The summed E-state index contributed by atoms with van der Waals surface area (Å²) in [4.78, 5) is 52.6. The van der Waals surface area contributed by atoms with Crippen LogP contribution in [0.15, 0.2) is 0 Å². The zero-order chi connectivity index (χ0) is 41.3. The molecule has 0 unspecified atom stereocenters. The maximum Gasteiger partial charge on any atom is 0.306 e. The maximum absolute atomic E-state index is 12.4. The number of hydroxylamine groups is 6. The minimum Gasteiger partial charge on any atom is -0.462 e. The van der Waals surface area contributed by atoms with Crippen LogP contribution in [0.25, 0.3) is 0 Å². The Morgan fingerprint density at radius 1 is 0.426 bits per heavy atom. The first-order chi connectivity index (χ1) is 24.7. The van der Waals surface area contributed by atoms with Crippen molar-refractivity contribution in [1.82, 2.24) is 15.2 Å². The third kappa shape index (κ3) is 14.0. The van der Waals surface area contributed by atoms with Gasteiger partial charge in [0.05, 0.1) is 21.3 Å². The van der Waals surface area contributed by atoms with Crippen molar-refractivity contribution >= 4 is 17.9 Å². The summed E-state index contributed by atoms with van der Waals surface area (Å²) in [5.74, 6) is -0.404. The van der Waals surface area contributed by atoms with Gasteiger partial charge in [-0.15, -0.1) is 0 Å². The van der Waals surface area contributed by atoms with Crippen LogP contribution in [0.5, 0.6) is 0 Å². The van der Waals surface area contributed by atoms with Gasteiger partial charge in [0.15, 0.2) is 0 Å². The predicted octanol–water partition coefficient (Wildman–Crippen LogP) is 8.49. The Balaban J connectivity index is 0.000000524. The summed E-state index contributed by atoms with van der Waals surface area (Å²) >= 11 is 0. The SMILES string of the molecule is CON1C(C)(C)CC(OC(=O)CCCCCCCCC(=O)OC2CC(C)(C)N(OC)C(C)(C)C2)CC1(C)C.CON1C(C)(C)CC(OC(C)=O)CC1(C)C. The zero-order valence-corrected chi connectivity index (χ0v) is 37.1. The molecule has 3 rings (SSSR count). The number of esters is 3. The number of carbonyl (C=O) groups excluding carboxylic acids is 3. The van der Waals surface area contributed by atoms with Gasteiger partial charge in [-0.25, -0.2) is 0 Å². The summed E-state index contributed by atoms with van der Waals surface area (Å²) in [5.41, 5.74) is -1.02. The van der Waals surface area contributed by atoms with E-state index in [-0.39, 0.29) is 69.5 Å². The van der Waals surface area contributed by atoms with E-state index < -0.39 is 0 Å². The molecular formula is C42H79N3O9. The molecule has 0 aliphatic carbocycles. The molecule has 0 aromatic heterocycles. The van der Waals surface area contributed by atoms with Crippen molar-refractivity contribution in [3.63, 3.8) is 0 Å². The Bertz CT molecular complexity index is 1100. The monoisotopic (exact) mass is 770 g/mol. The zero-order valence-electron chi connectivity index (χ0n) is 37.1. The highest BCUT2D eigenvalue weighted by Gasteiger charge is 2.49. The molecule has 0 saturated carbocycles. The third-order valence-corrected chi connectivity index (χ3v) is 11.2. The van der Waals surface area contributed by atoms with Crippen molar-refractivity contribution in [2.45, 2.75) is 231 Å². The van der Waals surface area contributed by atoms with Gasteiger partial charge in [0.2, 0.25) is 0 Å². The van der Waals surface area contributed by atoms with Crippen molar-refractivity contribution in [2.24, 2.45) is 0 Å². The number of hydrogen-bond acceptors (Lipinski definition) is 12. The molecule has 3 heterocycles. The number of carbonyl (C=O) groups is 3. The van der Waals surface area contributed by atoms with E-state index in [2.05, 4.69) is 83.1 Å². The topological polar surface area (TPSA) is 116 Å². The van der Waals surface area contributed by atoms with Gasteiger partial charge in [-0.1, -0.05) is 25.7 Å². The first kappa shape index (κ1) is 48.3. The lowest BCUT2D eigenvalue weighted by Gasteiger charge is -2.52. The highest BCUT2D eigenvalue weighted by Crippen LogP contribution is 2.42. The molecule has 3 aliphatic heterocycles. The van der Waals surface area contributed by atoms with Gasteiger partial charge in [-0.2, -0.15) is 15.2 Å². The highest BCUT2D eigenvalue weighted by molar-refractivity contribution is 5.70. The first-order valence-corrected chi connectivity index (χ1v) is 20.3. The molecule has 3 saturated heterocycles. The van der Waals surface area contributed by atoms with Crippen LogP contribution in [-0.4, -0.2) is 106 Å². The summed E-state index contributed by atoms with van der Waals surface area (Å²) in [6.07, 6.45) is 11.2. The van der Waals surface area contributed by atoms with E-state index in [9.17, 15) is 14.4 Å². The van der Waals surface area contributed by atoms with Crippen LogP contribution in [0.1, 0.15) is 180 Å². The molecular weight excluding hydrogens is 690 g/mol. The summed E-state index contributed by atoms with van der Waals surface area (Å²) in [7, 11) is 5.10. The molecule has 0 N–H and O–H groups in total. The number of piperidine rings is 3. The van der Waals surface area contributed by atoms with Gasteiger partial charge >= 0.3 is 17.9 Å². The van der Waals surface area contributed by atoms with E-state index in [0.29, 0.717) is 12.8 Å². The summed E-state index contributed by atoms with van der Waals surface area (Å²) in [6.45, 7) is 26.9. The molecule has 0 spiro atoms. The van der Waals surface area contributed by atoms with Crippen LogP contribution in [0.4, 0.5) is 0 Å². The Labute approximate surface area is 328 Å². The molecule has 0 amide bonds. The van der Waals surface area contributed by atoms with Crippen LogP contribution < -0.4 is 0 Å². The second-order valence-electron chi connectivity index (χ2n) is 19.6. The van der Waals surface area contributed by atoms with Crippen molar-refractivity contribution in [3.05, 3.63) is 0 Å². The number of rotatable bonds is 15. The number of hydrogen-bond donors (Lipinski definition) is 0. The van der Waals surface area contributed by atoms with Gasteiger partial charge in [0, 0.05) is 91.5 Å². The van der Waals surface area contributed by atoms with E-state index in [4.69, 9.17) is 28.7 Å². The van der Waals surface area contributed by atoms with Crippen LogP contribution in [-0.2, 0) is 43.1 Å². The molecule has 0 atom stereocenters. The molecule has 3 fully saturated rings. The fourth-order valence-electron chi connectivity index (χ4n) is 10.2. The quantitative estimate of drug-likeness (QED) is 0.0904. The van der Waals surface area contributed by atoms with E-state index in [0.717, 1.165) is 77.0 Å². The molecule has 3 aliphatic rings. The highest BCUT2D eigenvalue weighted by atomic mass is 16.7. The fraction of sp³-hybridized carbons (Fsp3) is 0.929. The lowest BCUT2D eigenvalue weighted by Crippen LogP contribution is -2.61. The minimum atomic E-state index is -0.206. The second-order valence-corrected chi connectivity index (χ2v) is 19.6. The van der Waals surface area contributed by atoms with Gasteiger partial charge in [-0.3, -0.25) is 14.4 Å². The van der Waals surface area contributed by atoms with Gasteiger partial charge < -0.3 is 28.7 Å². The Hall–Kier alpha value is -1.83. The average molecular weight is 770 g/mol. The molecule has 0 aromatic rings. The van der Waals surface area contributed by atoms with Crippen molar-refractivity contribution in [3.8, 4) is 0 Å². The molecule has 0 bridgehead atoms. The van der Waals surface area contributed by atoms with E-state index in [1.807, 2.05) is 15.2 Å². The third-order valence-electron chi connectivity index (χ3n) is 11.2. The molecule has 0 aromatic carbocycles. The van der Waals surface area contributed by atoms with Crippen molar-refractivity contribution in [1.29, 1.82) is 0 Å². The summed E-state index contributed by atoms with van der Waals surface area (Å²) in [5, 5.41) is 6.05. The smallest absolute Gasteiger partial charge is 0.306 e. The Morgan fingerprint density at radius 3 is 0.870 bits per heavy atom. The predicted molar refractivity (Wildman–Crippen MR) is 211 cm³/mol. The van der Waals surface area contributed by atoms with E-state index >= 15 is 0 Å². The summed E-state index contributed by atoms with van der Waals surface area (Å²) in [6, 6.07) is 0. The van der Waals surface area contributed by atoms with Crippen LogP contribution >= 0.6 is 0 Å². The Morgan fingerprint density at radius 2 is 0.648 bits per heavy atom. The molecule has 12 heteroatoms. The molecule has 12 nitrogen and oxygen atoms in total. The Kier molecular flexibility index (Phi) is 17.5. The van der Waals surface area contributed by atoms with Crippen LogP contribution in [0.3, 0.4) is 0 Å². The maximum atomic E-state index is 12.4.